The third-order valence-corrected chi connectivity index (χ3v) is 9.27. The van der Waals surface area contributed by atoms with Gasteiger partial charge in [-0.3, -0.25) is 18.7 Å². The van der Waals surface area contributed by atoms with Crippen molar-refractivity contribution in [1.29, 1.82) is 0 Å². The molecule has 0 aliphatic carbocycles. The summed E-state index contributed by atoms with van der Waals surface area (Å²) in [5.41, 5.74) is 0. The zero-order valence-electron chi connectivity index (χ0n) is 17.4. The van der Waals surface area contributed by atoms with E-state index in [0.717, 1.165) is 21.0 Å². The summed E-state index contributed by atoms with van der Waals surface area (Å²) >= 11 is 0. The van der Waals surface area contributed by atoms with Gasteiger partial charge in [0.25, 0.3) is 0 Å². The first-order chi connectivity index (χ1) is 13.5. The van der Waals surface area contributed by atoms with Crippen LogP contribution in [0.3, 0.4) is 0 Å². The number of carbonyl (C=O) groups excluding carboxylic acids is 2. The first kappa shape index (κ1) is 27.2. The van der Waals surface area contributed by atoms with Gasteiger partial charge in [-0.25, -0.2) is 13.7 Å². The lowest BCUT2D eigenvalue weighted by Gasteiger charge is -2.37. The van der Waals surface area contributed by atoms with Crippen molar-refractivity contribution in [2.75, 3.05) is 27.3 Å². The monoisotopic (exact) mass is 448 g/mol. The van der Waals surface area contributed by atoms with Crippen molar-refractivity contribution in [2.24, 2.45) is 0 Å². The summed E-state index contributed by atoms with van der Waals surface area (Å²) in [5, 5.41) is 0. The molecule has 0 heterocycles. The van der Waals surface area contributed by atoms with Gasteiger partial charge in [0, 0.05) is 24.7 Å². The van der Waals surface area contributed by atoms with E-state index in [2.05, 4.69) is 26.3 Å². The molecule has 164 valence electrons. The van der Waals surface area contributed by atoms with Crippen molar-refractivity contribution in [2.45, 2.75) is 25.9 Å². The summed E-state index contributed by atoms with van der Waals surface area (Å²) in [6.45, 7) is 17.0. The van der Waals surface area contributed by atoms with Crippen LogP contribution in [0.4, 0.5) is 0 Å². The van der Waals surface area contributed by atoms with E-state index in [0.29, 0.717) is 0 Å². The van der Waals surface area contributed by atoms with Gasteiger partial charge in [0.05, 0.1) is 14.2 Å². The zero-order chi connectivity index (χ0) is 22.8. The molecule has 0 N–H and O–H groups in total. The Labute approximate surface area is 172 Å². The van der Waals surface area contributed by atoms with Crippen molar-refractivity contribution < 1.29 is 32.5 Å². The molecule has 0 aromatic rings. The van der Waals surface area contributed by atoms with Crippen LogP contribution in [-0.2, 0) is 32.5 Å². The highest BCUT2D eigenvalue weighted by atomic mass is 31.2. The number of nitrogens with zero attached hydrogens (tertiary/aromatic N) is 2. The first-order valence-corrected chi connectivity index (χ1v) is 11.9. The number of ether oxygens (including phenoxy) is 2. The van der Waals surface area contributed by atoms with Crippen molar-refractivity contribution in [1.82, 2.24) is 9.34 Å². The number of carbonyl (C=O) groups is 2. The van der Waals surface area contributed by atoms with Crippen LogP contribution in [0, 0.1) is 0 Å². The Bertz CT molecular complexity index is 678. The van der Waals surface area contributed by atoms with Gasteiger partial charge in [-0.1, -0.05) is 25.3 Å². The van der Waals surface area contributed by atoms with E-state index >= 15 is 0 Å². The van der Waals surface area contributed by atoms with Gasteiger partial charge < -0.3 is 9.47 Å². The summed E-state index contributed by atoms with van der Waals surface area (Å²) in [4.78, 5) is 24.0. The topological polar surface area (TPSA) is 102 Å². The third kappa shape index (κ3) is 6.63. The molecule has 0 amide bonds. The first-order valence-electron chi connectivity index (χ1n) is 8.61. The van der Waals surface area contributed by atoms with Gasteiger partial charge >= 0.3 is 27.0 Å². The molecule has 11 heteroatoms. The Morgan fingerprint density at radius 1 is 0.828 bits per heavy atom. The smallest absolute Gasteiger partial charge is 0.323 e. The maximum atomic E-state index is 13.6. The molecule has 0 fully saturated rings. The molecule has 0 aliphatic heterocycles. The molecule has 0 aromatic heterocycles. The van der Waals surface area contributed by atoms with Gasteiger partial charge in [-0.05, 0) is 13.8 Å². The molecule has 0 rings (SSSR count). The van der Waals surface area contributed by atoms with Crippen molar-refractivity contribution in [3.63, 3.8) is 0 Å². The SMILES string of the molecule is C=CCN([C@@H](C)C(=O)OC)[P@](=O)(C=C)O[P@@](=O)(C=C)N(CC=C)[C@@H](C)C(=O)OC. The van der Waals surface area contributed by atoms with Crippen molar-refractivity contribution in [3.8, 4) is 0 Å². The van der Waals surface area contributed by atoms with Gasteiger partial charge in [0.2, 0.25) is 0 Å². The summed E-state index contributed by atoms with van der Waals surface area (Å²) in [7, 11) is -5.80. The lowest BCUT2D eigenvalue weighted by atomic mass is 10.3. The summed E-state index contributed by atoms with van der Waals surface area (Å²) in [5.74, 6) is 0.579. The van der Waals surface area contributed by atoms with E-state index in [1.807, 2.05) is 0 Å². The van der Waals surface area contributed by atoms with Crippen molar-refractivity contribution >= 4 is 27.0 Å². The maximum absolute atomic E-state index is 13.6. The number of esters is 2. The number of hydrogen-bond acceptors (Lipinski definition) is 7. The van der Waals surface area contributed by atoms with Crippen LogP contribution >= 0.6 is 15.0 Å². The van der Waals surface area contributed by atoms with E-state index in [1.54, 1.807) is 0 Å². The van der Waals surface area contributed by atoms with E-state index in [1.165, 1.54) is 40.2 Å². The minimum atomic E-state index is -4.08. The lowest BCUT2D eigenvalue weighted by Crippen LogP contribution is -2.39. The lowest BCUT2D eigenvalue weighted by molar-refractivity contribution is -0.145. The predicted octanol–water partition coefficient (Wildman–Crippen LogP) is 3.78. The van der Waals surface area contributed by atoms with Crippen LogP contribution in [0.25, 0.3) is 0 Å². The zero-order valence-corrected chi connectivity index (χ0v) is 19.1. The Balaban J connectivity index is 6.31. The van der Waals surface area contributed by atoms with Crippen LogP contribution in [0.1, 0.15) is 13.8 Å². The van der Waals surface area contributed by atoms with E-state index in [4.69, 9.17) is 13.8 Å². The van der Waals surface area contributed by atoms with Gasteiger partial charge in [-0.2, -0.15) is 0 Å². The van der Waals surface area contributed by atoms with E-state index in [-0.39, 0.29) is 13.1 Å². The number of methoxy groups -OCH3 is 2. The minimum Gasteiger partial charge on any atom is -0.468 e. The van der Waals surface area contributed by atoms with Gasteiger partial charge in [0.15, 0.2) is 0 Å². The van der Waals surface area contributed by atoms with E-state index in [9.17, 15) is 18.7 Å². The Morgan fingerprint density at radius 3 is 1.34 bits per heavy atom. The normalized spacial score (nSPS) is 17.3. The van der Waals surface area contributed by atoms with Crippen LogP contribution < -0.4 is 0 Å². The molecule has 0 spiro atoms. The molecule has 0 saturated heterocycles. The molecule has 29 heavy (non-hydrogen) atoms. The molecule has 0 bridgehead atoms. The predicted molar refractivity (Wildman–Crippen MR) is 113 cm³/mol. The van der Waals surface area contributed by atoms with Crippen molar-refractivity contribution in [3.05, 3.63) is 50.1 Å². The molecule has 9 nitrogen and oxygen atoms in total. The minimum absolute atomic E-state index is 0.0509. The summed E-state index contributed by atoms with van der Waals surface area (Å²) in [6.07, 6.45) is 2.80. The molecule has 0 saturated carbocycles. The van der Waals surface area contributed by atoms with Crippen LogP contribution in [0.2, 0.25) is 0 Å². The Hall–Kier alpha value is -1.76. The molecule has 4 atom stereocenters. The third-order valence-electron chi connectivity index (χ3n) is 4.02. The quantitative estimate of drug-likeness (QED) is 0.223. The molecular weight excluding hydrogens is 418 g/mol. The highest BCUT2D eigenvalue weighted by Crippen LogP contribution is 2.69. The number of hydrogen-bond donors (Lipinski definition) is 0. The van der Waals surface area contributed by atoms with Crippen LogP contribution in [0.15, 0.2) is 50.1 Å². The van der Waals surface area contributed by atoms with E-state index < -0.39 is 39.1 Å². The fraction of sp³-hybridized carbons (Fsp3) is 0.444. The second-order valence-corrected chi connectivity index (χ2v) is 10.5. The molecule has 0 aliphatic rings. The molecule has 0 aromatic carbocycles. The summed E-state index contributed by atoms with van der Waals surface area (Å²) in [6, 6.07) is -2.04. The highest BCUT2D eigenvalue weighted by molar-refractivity contribution is 7.72. The molecular formula is C18H30N2O7P2. The van der Waals surface area contributed by atoms with Gasteiger partial charge in [-0.15, -0.1) is 13.2 Å². The maximum Gasteiger partial charge on any atom is 0.323 e. The Morgan fingerprint density at radius 2 is 1.14 bits per heavy atom. The fourth-order valence-corrected chi connectivity index (χ4v) is 7.30. The fourth-order valence-electron chi connectivity index (χ4n) is 2.41. The standard InChI is InChI=1S/C18H30N2O7P2/c1-9-13-19(15(5)17(21)25-7)28(23,11-3)27-29(24,12-4)20(14-10-2)16(6)18(22)26-8/h9-12,15-16H,1-4,13-14H2,5-8H3/t15-,16-,28-,29-/m0/s1. The van der Waals surface area contributed by atoms with Gasteiger partial charge in [0.1, 0.15) is 12.1 Å². The molecule has 0 radical (unpaired) electrons. The average Bonchev–Trinajstić information content (AvgIpc) is 2.73. The summed E-state index contributed by atoms with van der Waals surface area (Å²) < 4.78 is 44.5. The largest absolute Gasteiger partial charge is 0.468 e. The van der Waals surface area contributed by atoms with Crippen LogP contribution in [-0.4, -0.2) is 60.7 Å². The molecule has 0 unspecified atom stereocenters. The number of rotatable bonds is 14. The second-order valence-electron chi connectivity index (χ2n) is 5.79. The van der Waals surface area contributed by atoms with Crippen LogP contribution in [0.5, 0.6) is 0 Å². The average molecular weight is 448 g/mol. The highest BCUT2D eigenvalue weighted by Gasteiger charge is 2.45. The second kappa shape index (κ2) is 12.1. The Kier molecular flexibility index (Phi) is 11.3.